The Hall–Kier alpha value is -1.24. The SMILES string of the molecule is CCc1ccc2[nH]c3c(c2c1)CC(CC)CC3. The topological polar surface area (TPSA) is 15.8 Å². The van der Waals surface area contributed by atoms with E-state index in [1.54, 1.807) is 5.56 Å². The van der Waals surface area contributed by atoms with Gasteiger partial charge in [0.1, 0.15) is 0 Å². The minimum absolute atomic E-state index is 0.895. The van der Waals surface area contributed by atoms with Gasteiger partial charge in [0, 0.05) is 16.6 Å². The van der Waals surface area contributed by atoms with Gasteiger partial charge < -0.3 is 4.98 Å². The highest BCUT2D eigenvalue weighted by Crippen LogP contribution is 2.33. The van der Waals surface area contributed by atoms with Crippen molar-refractivity contribution < 1.29 is 0 Å². The number of H-pyrrole nitrogens is 1. The van der Waals surface area contributed by atoms with E-state index < -0.39 is 0 Å². The first-order chi connectivity index (χ1) is 8.31. The average molecular weight is 227 g/mol. The zero-order valence-corrected chi connectivity index (χ0v) is 10.8. The van der Waals surface area contributed by atoms with Gasteiger partial charge in [-0.25, -0.2) is 0 Å². The summed E-state index contributed by atoms with van der Waals surface area (Å²) in [5.41, 5.74) is 5.90. The molecule has 2 aromatic rings. The van der Waals surface area contributed by atoms with Crippen LogP contribution in [0.3, 0.4) is 0 Å². The van der Waals surface area contributed by atoms with Gasteiger partial charge in [0.15, 0.2) is 0 Å². The highest BCUT2D eigenvalue weighted by Gasteiger charge is 2.21. The van der Waals surface area contributed by atoms with Crippen LogP contribution in [0.2, 0.25) is 0 Å². The number of nitrogens with one attached hydrogen (secondary N) is 1. The zero-order chi connectivity index (χ0) is 11.8. The van der Waals surface area contributed by atoms with Gasteiger partial charge in [-0.15, -0.1) is 0 Å². The molecule has 1 aliphatic rings. The molecule has 1 heteroatoms. The summed E-state index contributed by atoms with van der Waals surface area (Å²) >= 11 is 0. The van der Waals surface area contributed by atoms with E-state index in [1.807, 2.05) is 0 Å². The van der Waals surface area contributed by atoms with E-state index in [-0.39, 0.29) is 0 Å². The molecule has 1 atom stereocenters. The number of aromatic amines is 1. The van der Waals surface area contributed by atoms with Crippen molar-refractivity contribution in [1.82, 2.24) is 4.98 Å². The second-order valence-electron chi connectivity index (χ2n) is 5.33. The van der Waals surface area contributed by atoms with Gasteiger partial charge in [0.05, 0.1) is 0 Å². The average Bonchev–Trinajstić information content (AvgIpc) is 2.75. The molecule has 1 heterocycles. The maximum Gasteiger partial charge on any atom is 0.0459 e. The number of aromatic nitrogens is 1. The smallest absolute Gasteiger partial charge is 0.0459 e. The number of fused-ring (bicyclic) bond motifs is 3. The molecule has 1 unspecified atom stereocenters. The van der Waals surface area contributed by atoms with Gasteiger partial charge in [-0.2, -0.15) is 0 Å². The van der Waals surface area contributed by atoms with Crippen LogP contribution < -0.4 is 0 Å². The Morgan fingerprint density at radius 1 is 1.29 bits per heavy atom. The summed E-state index contributed by atoms with van der Waals surface area (Å²) in [4.78, 5) is 3.61. The van der Waals surface area contributed by atoms with Crippen molar-refractivity contribution in [2.75, 3.05) is 0 Å². The molecule has 0 spiro atoms. The van der Waals surface area contributed by atoms with Crippen molar-refractivity contribution in [3.63, 3.8) is 0 Å². The molecule has 0 bridgehead atoms. The lowest BCUT2D eigenvalue weighted by molar-refractivity contribution is 0.444. The fourth-order valence-electron chi connectivity index (χ4n) is 3.10. The van der Waals surface area contributed by atoms with E-state index in [2.05, 4.69) is 37.0 Å². The molecule has 0 amide bonds. The first-order valence-corrected chi connectivity index (χ1v) is 6.94. The molecule has 90 valence electrons. The van der Waals surface area contributed by atoms with Gasteiger partial charge in [0.2, 0.25) is 0 Å². The lowest BCUT2D eigenvalue weighted by Gasteiger charge is -2.20. The number of benzene rings is 1. The molecule has 17 heavy (non-hydrogen) atoms. The first-order valence-electron chi connectivity index (χ1n) is 6.94. The Bertz CT molecular complexity index is 536. The Morgan fingerprint density at radius 2 is 2.18 bits per heavy atom. The van der Waals surface area contributed by atoms with E-state index in [4.69, 9.17) is 0 Å². The molecule has 0 radical (unpaired) electrons. The highest BCUT2D eigenvalue weighted by molar-refractivity contribution is 5.85. The lowest BCUT2D eigenvalue weighted by Crippen LogP contribution is -2.12. The predicted molar refractivity (Wildman–Crippen MR) is 73.5 cm³/mol. The van der Waals surface area contributed by atoms with Gasteiger partial charge in [-0.05, 0) is 54.9 Å². The van der Waals surface area contributed by atoms with Crippen LogP contribution in [0.15, 0.2) is 18.2 Å². The molecule has 1 aromatic carbocycles. The summed E-state index contributed by atoms with van der Waals surface area (Å²) in [6.45, 7) is 4.55. The van der Waals surface area contributed by atoms with Crippen molar-refractivity contribution in [2.45, 2.75) is 46.0 Å². The van der Waals surface area contributed by atoms with Crippen LogP contribution in [-0.4, -0.2) is 4.98 Å². The van der Waals surface area contributed by atoms with Crippen molar-refractivity contribution in [3.05, 3.63) is 35.0 Å². The largest absolute Gasteiger partial charge is 0.358 e. The number of rotatable bonds is 2. The molecule has 0 fully saturated rings. The van der Waals surface area contributed by atoms with Crippen LogP contribution in [-0.2, 0) is 19.3 Å². The molecular weight excluding hydrogens is 206 g/mol. The van der Waals surface area contributed by atoms with Crippen LogP contribution in [0.5, 0.6) is 0 Å². The van der Waals surface area contributed by atoms with Gasteiger partial charge >= 0.3 is 0 Å². The minimum Gasteiger partial charge on any atom is -0.358 e. The van der Waals surface area contributed by atoms with Gasteiger partial charge in [0.25, 0.3) is 0 Å². The molecule has 1 nitrogen and oxygen atoms in total. The third kappa shape index (κ3) is 1.78. The van der Waals surface area contributed by atoms with Crippen LogP contribution in [0.1, 0.15) is 43.5 Å². The van der Waals surface area contributed by atoms with Crippen molar-refractivity contribution in [1.29, 1.82) is 0 Å². The van der Waals surface area contributed by atoms with E-state index >= 15 is 0 Å². The molecule has 0 aliphatic heterocycles. The predicted octanol–water partition coefficient (Wildman–Crippen LogP) is 4.25. The second-order valence-corrected chi connectivity index (χ2v) is 5.33. The molecule has 1 aliphatic carbocycles. The van der Waals surface area contributed by atoms with Crippen molar-refractivity contribution in [2.24, 2.45) is 5.92 Å². The van der Waals surface area contributed by atoms with Crippen LogP contribution >= 0.6 is 0 Å². The van der Waals surface area contributed by atoms with Gasteiger partial charge in [-0.1, -0.05) is 26.3 Å². The summed E-state index contributed by atoms with van der Waals surface area (Å²) in [7, 11) is 0. The Labute approximate surface area is 103 Å². The van der Waals surface area contributed by atoms with Gasteiger partial charge in [-0.3, -0.25) is 0 Å². The number of hydrogen-bond donors (Lipinski definition) is 1. The third-order valence-electron chi connectivity index (χ3n) is 4.34. The second kappa shape index (κ2) is 4.21. The third-order valence-corrected chi connectivity index (χ3v) is 4.34. The molecule has 0 saturated heterocycles. The maximum atomic E-state index is 3.61. The monoisotopic (exact) mass is 227 g/mol. The fraction of sp³-hybridized carbons (Fsp3) is 0.500. The molecule has 0 saturated carbocycles. The molecule has 1 N–H and O–H groups in total. The summed E-state index contributed by atoms with van der Waals surface area (Å²) in [5, 5.41) is 1.48. The molecule has 1 aromatic heterocycles. The van der Waals surface area contributed by atoms with E-state index in [0.717, 1.165) is 12.3 Å². The molecule has 3 rings (SSSR count). The summed E-state index contributed by atoms with van der Waals surface area (Å²) < 4.78 is 0. The van der Waals surface area contributed by atoms with E-state index in [1.165, 1.54) is 47.8 Å². The summed E-state index contributed by atoms with van der Waals surface area (Å²) in [6.07, 6.45) is 6.33. The number of hydrogen-bond acceptors (Lipinski definition) is 0. The number of aryl methyl sites for hydroxylation is 2. The normalized spacial score (nSPS) is 19.5. The van der Waals surface area contributed by atoms with E-state index in [9.17, 15) is 0 Å². The molecular formula is C16H21N. The highest BCUT2D eigenvalue weighted by atomic mass is 14.7. The fourth-order valence-corrected chi connectivity index (χ4v) is 3.10. The minimum atomic E-state index is 0.895. The zero-order valence-electron chi connectivity index (χ0n) is 10.8. The van der Waals surface area contributed by atoms with Crippen molar-refractivity contribution in [3.8, 4) is 0 Å². The standard InChI is InChI=1S/C16H21N/c1-3-11-5-7-15-13(9-11)14-10-12(4-2)6-8-16(14)17-15/h5,7,9,12,17H,3-4,6,8,10H2,1-2H3. The first kappa shape index (κ1) is 10.9. The lowest BCUT2D eigenvalue weighted by atomic mass is 9.85. The maximum absolute atomic E-state index is 3.61. The Morgan fingerprint density at radius 3 is 2.94 bits per heavy atom. The quantitative estimate of drug-likeness (QED) is 0.789. The Kier molecular flexibility index (Phi) is 2.70. The van der Waals surface area contributed by atoms with Crippen molar-refractivity contribution >= 4 is 10.9 Å². The van der Waals surface area contributed by atoms with Crippen LogP contribution in [0.25, 0.3) is 10.9 Å². The van der Waals surface area contributed by atoms with Crippen LogP contribution in [0.4, 0.5) is 0 Å². The van der Waals surface area contributed by atoms with E-state index in [0.29, 0.717) is 0 Å². The summed E-state index contributed by atoms with van der Waals surface area (Å²) in [6, 6.07) is 6.90. The van der Waals surface area contributed by atoms with Crippen LogP contribution in [0, 0.1) is 5.92 Å². The summed E-state index contributed by atoms with van der Waals surface area (Å²) in [5.74, 6) is 0.895. The Balaban J connectivity index is 2.12.